The summed E-state index contributed by atoms with van der Waals surface area (Å²) in [6.07, 6.45) is 0. The second kappa shape index (κ2) is 4.61. The average molecular weight is 200 g/mol. The van der Waals surface area contributed by atoms with Crippen molar-refractivity contribution in [3.05, 3.63) is 34.3 Å². The van der Waals surface area contributed by atoms with Gasteiger partial charge in [0.25, 0.3) is 0 Å². The molecule has 0 bridgehead atoms. The van der Waals surface area contributed by atoms with Crippen LogP contribution >= 0.6 is 11.6 Å². The second-order valence-electron chi connectivity index (χ2n) is 3.05. The fraction of sp³-hybridized carbons (Fsp3) is 0.400. The van der Waals surface area contributed by atoms with E-state index < -0.39 is 0 Å². The highest BCUT2D eigenvalue weighted by molar-refractivity contribution is 6.31. The largest absolute Gasteiger partial charge is 0.394 e. The number of nitrogens with one attached hydrogen (secondary N) is 1. The lowest BCUT2D eigenvalue weighted by atomic mass is 10.1. The third-order valence-corrected chi connectivity index (χ3v) is 2.39. The molecule has 0 aliphatic carbocycles. The maximum atomic E-state index is 9.05. The normalized spacial score (nSPS) is 12.9. The molecule has 0 aliphatic rings. The van der Waals surface area contributed by atoms with Crippen molar-refractivity contribution in [1.29, 1.82) is 0 Å². The minimum Gasteiger partial charge on any atom is -0.394 e. The highest BCUT2D eigenvalue weighted by Crippen LogP contribution is 2.23. The van der Waals surface area contributed by atoms with Gasteiger partial charge in [0.1, 0.15) is 0 Å². The highest BCUT2D eigenvalue weighted by atomic mass is 35.5. The van der Waals surface area contributed by atoms with Crippen molar-refractivity contribution < 1.29 is 5.11 Å². The summed E-state index contributed by atoms with van der Waals surface area (Å²) in [6, 6.07) is 5.75. The molecule has 0 spiro atoms. The summed E-state index contributed by atoms with van der Waals surface area (Å²) >= 11 is 6.03. The molecule has 0 unspecified atom stereocenters. The van der Waals surface area contributed by atoms with Gasteiger partial charge >= 0.3 is 0 Å². The van der Waals surface area contributed by atoms with Gasteiger partial charge in [-0.3, -0.25) is 0 Å². The SMILES string of the molecule is CN[C@H](CO)c1ccc(C)cc1Cl. The minimum atomic E-state index is -0.0758. The fourth-order valence-electron chi connectivity index (χ4n) is 1.26. The maximum absolute atomic E-state index is 9.05. The van der Waals surface area contributed by atoms with Crippen LogP contribution in [0.3, 0.4) is 0 Å². The summed E-state index contributed by atoms with van der Waals surface area (Å²) in [5, 5.41) is 12.7. The number of hydrogen-bond donors (Lipinski definition) is 2. The first-order valence-corrected chi connectivity index (χ1v) is 4.61. The van der Waals surface area contributed by atoms with Crippen molar-refractivity contribution in [2.45, 2.75) is 13.0 Å². The molecule has 13 heavy (non-hydrogen) atoms. The Kier molecular flexibility index (Phi) is 3.72. The van der Waals surface area contributed by atoms with E-state index in [1.807, 2.05) is 25.1 Å². The molecule has 72 valence electrons. The van der Waals surface area contributed by atoms with E-state index in [2.05, 4.69) is 5.32 Å². The van der Waals surface area contributed by atoms with Gasteiger partial charge in [0, 0.05) is 5.02 Å². The summed E-state index contributed by atoms with van der Waals surface area (Å²) in [5.74, 6) is 0. The Labute approximate surface area is 83.5 Å². The predicted molar refractivity (Wildman–Crippen MR) is 55.1 cm³/mol. The zero-order chi connectivity index (χ0) is 9.84. The van der Waals surface area contributed by atoms with Crippen molar-refractivity contribution in [2.75, 3.05) is 13.7 Å². The molecule has 0 amide bonds. The van der Waals surface area contributed by atoms with Crippen molar-refractivity contribution in [2.24, 2.45) is 0 Å². The fourth-order valence-corrected chi connectivity index (χ4v) is 1.63. The summed E-state index contributed by atoms with van der Waals surface area (Å²) in [6.45, 7) is 2.04. The Bertz CT molecular complexity index is 284. The summed E-state index contributed by atoms with van der Waals surface area (Å²) in [7, 11) is 1.80. The number of aryl methyl sites for hydroxylation is 1. The lowest BCUT2D eigenvalue weighted by molar-refractivity contribution is 0.251. The lowest BCUT2D eigenvalue weighted by Crippen LogP contribution is -2.20. The molecule has 0 heterocycles. The summed E-state index contributed by atoms with van der Waals surface area (Å²) in [4.78, 5) is 0. The highest BCUT2D eigenvalue weighted by Gasteiger charge is 2.10. The molecule has 0 radical (unpaired) electrons. The Hall–Kier alpha value is -0.570. The van der Waals surface area contributed by atoms with Crippen molar-refractivity contribution in [3.63, 3.8) is 0 Å². The van der Waals surface area contributed by atoms with Gasteiger partial charge in [-0.05, 0) is 31.2 Å². The van der Waals surface area contributed by atoms with Gasteiger partial charge in [0.2, 0.25) is 0 Å². The number of benzene rings is 1. The third kappa shape index (κ3) is 2.44. The molecule has 3 heteroatoms. The van der Waals surface area contributed by atoms with E-state index in [1.54, 1.807) is 7.05 Å². The molecule has 1 atom stereocenters. The van der Waals surface area contributed by atoms with Gasteiger partial charge in [-0.15, -0.1) is 0 Å². The monoisotopic (exact) mass is 199 g/mol. The van der Waals surface area contributed by atoms with Crippen molar-refractivity contribution in [1.82, 2.24) is 5.32 Å². The summed E-state index contributed by atoms with van der Waals surface area (Å²) in [5.41, 5.74) is 2.07. The minimum absolute atomic E-state index is 0.0548. The number of aliphatic hydroxyl groups is 1. The molecule has 1 rings (SSSR count). The first-order chi connectivity index (χ1) is 6.19. The van der Waals surface area contributed by atoms with Crippen molar-refractivity contribution >= 4 is 11.6 Å². The van der Waals surface area contributed by atoms with Crippen LogP contribution in [0.15, 0.2) is 18.2 Å². The van der Waals surface area contributed by atoms with Gasteiger partial charge in [-0.1, -0.05) is 23.7 Å². The van der Waals surface area contributed by atoms with E-state index in [0.717, 1.165) is 11.1 Å². The molecule has 0 saturated carbocycles. The average Bonchev–Trinajstić information content (AvgIpc) is 2.10. The van der Waals surface area contributed by atoms with Crippen LogP contribution in [0.2, 0.25) is 5.02 Å². The third-order valence-electron chi connectivity index (χ3n) is 2.06. The summed E-state index contributed by atoms with van der Waals surface area (Å²) < 4.78 is 0. The standard InChI is InChI=1S/C10H14ClNO/c1-7-3-4-8(9(11)5-7)10(6-13)12-2/h3-5,10,12-13H,6H2,1-2H3/t10-/m1/s1. The van der Waals surface area contributed by atoms with Gasteiger partial charge in [0.15, 0.2) is 0 Å². The zero-order valence-electron chi connectivity index (χ0n) is 7.84. The first-order valence-electron chi connectivity index (χ1n) is 4.23. The van der Waals surface area contributed by atoms with E-state index in [0.29, 0.717) is 5.02 Å². The number of hydrogen-bond acceptors (Lipinski definition) is 2. The molecule has 2 nitrogen and oxygen atoms in total. The topological polar surface area (TPSA) is 32.3 Å². The van der Waals surface area contributed by atoms with Crippen LogP contribution in [0.5, 0.6) is 0 Å². The molecule has 0 aromatic heterocycles. The van der Waals surface area contributed by atoms with Crippen LogP contribution in [-0.4, -0.2) is 18.8 Å². The Balaban J connectivity index is 2.99. The van der Waals surface area contributed by atoms with E-state index >= 15 is 0 Å². The molecule has 2 N–H and O–H groups in total. The number of likely N-dealkylation sites (N-methyl/N-ethyl adjacent to an activating group) is 1. The lowest BCUT2D eigenvalue weighted by Gasteiger charge is -2.15. The number of halogens is 1. The van der Waals surface area contributed by atoms with Gasteiger partial charge < -0.3 is 10.4 Å². The van der Waals surface area contributed by atoms with Crippen LogP contribution < -0.4 is 5.32 Å². The zero-order valence-corrected chi connectivity index (χ0v) is 8.60. The molecule has 0 saturated heterocycles. The second-order valence-corrected chi connectivity index (χ2v) is 3.46. The number of rotatable bonds is 3. The molecular formula is C10H14ClNO. The first kappa shape index (κ1) is 10.5. The molecule has 0 fully saturated rings. The smallest absolute Gasteiger partial charge is 0.0626 e. The quantitative estimate of drug-likeness (QED) is 0.780. The van der Waals surface area contributed by atoms with Crippen molar-refractivity contribution in [3.8, 4) is 0 Å². The van der Waals surface area contributed by atoms with Crippen LogP contribution in [0.4, 0.5) is 0 Å². The Morgan fingerprint density at radius 3 is 2.69 bits per heavy atom. The van der Waals surface area contributed by atoms with Gasteiger partial charge in [-0.25, -0.2) is 0 Å². The molecular weight excluding hydrogens is 186 g/mol. The molecule has 0 aliphatic heterocycles. The van der Waals surface area contributed by atoms with E-state index in [1.165, 1.54) is 0 Å². The van der Waals surface area contributed by atoms with Crippen LogP contribution in [0, 0.1) is 6.92 Å². The maximum Gasteiger partial charge on any atom is 0.0626 e. The number of aliphatic hydroxyl groups excluding tert-OH is 1. The molecule has 1 aromatic carbocycles. The Morgan fingerprint density at radius 2 is 2.23 bits per heavy atom. The van der Waals surface area contributed by atoms with Crippen LogP contribution in [-0.2, 0) is 0 Å². The van der Waals surface area contributed by atoms with Gasteiger partial charge in [0.05, 0.1) is 12.6 Å². The van der Waals surface area contributed by atoms with E-state index in [4.69, 9.17) is 16.7 Å². The predicted octanol–water partition coefficient (Wildman–Crippen LogP) is 1.90. The van der Waals surface area contributed by atoms with E-state index in [9.17, 15) is 0 Å². The van der Waals surface area contributed by atoms with Crippen LogP contribution in [0.1, 0.15) is 17.2 Å². The van der Waals surface area contributed by atoms with E-state index in [-0.39, 0.29) is 12.6 Å². The van der Waals surface area contributed by atoms with Gasteiger partial charge in [-0.2, -0.15) is 0 Å². The van der Waals surface area contributed by atoms with Crippen LogP contribution in [0.25, 0.3) is 0 Å². The molecule has 1 aromatic rings. The Morgan fingerprint density at radius 1 is 1.54 bits per heavy atom.